The fraction of sp³-hybridized carbons (Fsp3) is 0.833. The predicted molar refractivity (Wildman–Crippen MR) is 66.4 cm³/mol. The lowest BCUT2D eigenvalue weighted by atomic mass is 10.1. The molecule has 0 aromatic rings. The maximum Gasteiger partial charge on any atom is 0.332 e. The molecule has 3 N–H and O–H groups in total. The average molecular weight is 258 g/mol. The fourth-order valence-electron chi connectivity index (χ4n) is 1.72. The summed E-state index contributed by atoms with van der Waals surface area (Å²) in [6, 6.07) is -0.224. The van der Waals surface area contributed by atoms with Crippen LogP contribution in [0.25, 0.3) is 0 Å². The summed E-state index contributed by atoms with van der Waals surface area (Å²) < 4.78 is 5.28. The number of carbonyl (C=O) groups is 2. The van der Waals surface area contributed by atoms with Gasteiger partial charge in [0.2, 0.25) is 0 Å². The Balaban J connectivity index is 2.14. The minimum Gasteiger partial charge on any atom is -0.479 e. The lowest BCUT2D eigenvalue weighted by Crippen LogP contribution is -2.41. The molecule has 0 aromatic carbocycles. The number of urea groups is 1. The minimum atomic E-state index is -0.932. The highest BCUT2D eigenvalue weighted by Gasteiger charge is 2.30. The van der Waals surface area contributed by atoms with Crippen molar-refractivity contribution in [3.8, 4) is 0 Å². The second-order valence-electron chi connectivity index (χ2n) is 4.77. The molecule has 1 heterocycles. The van der Waals surface area contributed by atoms with E-state index in [1.165, 1.54) is 0 Å². The summed E-state index contributed by atoms with van der Waals surface area (Å²) >= 11 is 0. The maximum atomic E-state index is 11.4. The van der Waals surface area contributed by atoms with E-state index in [4.69, 9.17) is 9.84 Å². The molecule has 1 saturated heterocycles. The van der Waals surface area contributed by atoms with Crippen molar-refractivity contribution in [3.63, 3.8) is 0 Å². The van der Waals surface area contributed by atoms with E-state index in [-0.39, 0.29) is 12.1 Å². The van der Waals surface area contributed by atoms with Gasteiger partial charge in [0.15, 0.2) is 6.10 Å². The summed E-state index contributed by atoms with van der Waals surface area (Å²) in [7, 11) is 0. The lowest BCUT2D eigenvalue weighted by Gasteiger charge is -2.14. The Kier molecular flexibility index (Phi) is 5.91. The van der Waals surface area contributed by atoms with Crippen molar-refractivity contribution in [1.82, 2.24) is 10.6 Å². The number of nitrogens with one attached hydrogen (secondary N) is 2. The molecule has 1 rings (SSSR count). The van der Waals surface area contributed by atoms with Gasteiger partial charge in [-0.1, -0.05) is 20.3 Å². The molecule has 0 radical (unpaired) electrons. The van der Waals surface area contributed by atoms with E-state index in [1.807, 2.05) is 0 Å². The van der Waals surface area contributed by atoms with Crippen molar-refractivity contribution in [1.29, 1.82) is 0 Å². The van der Waals surface area contributed by atoms with Crippen LogP contribution in [0.15, 0.2) is 0 Å². The van der Waals surface area contributed by atoms with Gasteiger partial charge in [-0.05, 0) is 18.8 Å². The van der Waals surface area contributed by atoms with Gasteiger partial charge in [-0.3, -0.25) is 0 Å². The summed E-state index contributed by atoms with van der Waals surface area (Å²) in [4.78, 5) is 22.1. The Morgan fingerprint density at radius 3 is 2.67 bits per heavy atom. The summed E-state index contributed by atoms with van der Waals surface area (Å²) in [5, 5.41) is 14.2. The second kappa shape index (κ2) is 7.20. The molecule has 3 unspecified atom stereocenters. The Bertz CT molecular complexity index is 296. The minimum absolute atomic E-state index is 0.194. The third-order valence-electron chi connectivity index (χ3n) is 3.18. The third kappa shape index (κ3) is 4.91. The van der Waals surface area contributed by atoms with Crippen LogP contribution in [0.2, 0.25) is 0 Å². The van der Waals surface area contributed by atoms with Gasteiger partial charge in [0.1, 0.15) is 0 Å². The van der Waals surface area contributed by atoms with Gasteiger partial charge >= 0.3 is 12.0 Å². The molecule has 0 spiro atoms. The lowest BCUT2D eigenvalue weighted by molar-refractivity contribution is -0.149. The van der Waals surface area contributed by atoms with Gasteiger partial charge in [0, 0.05) is 13.1 Å². The van der Waals surface area contributed by atoms with Crippen LogP contribution in [0.4, 0.5) is 4.79 Å². The molecule has 104 valence electrons. The molecule has 6 nitrogen and oxygen atoms in total. The van der Waals surface area contributed by atoms with Crippen molar-refractivity contribution in [3.05, 3.63) is 0 Å². The van der Waals surface area contributed by atoms with Crippen molar-refractivity contribution in [2.45, 2.75) is 45.3 Å². The predicted octanol–water partition coefficient (Wildman–Crippen LogP) is 0.964. The molecule has 0 aliphatic carbocycles. The Morgan fingerprint density at radius 1 is 1.39 bits per heavy atom. The Labute approximate surface area is 107 Å². The molecule has 0 aromatic heterocycles. The zero-order valence-electron chi connectivity index (χ0n) is 10.9. The quantitative estimate of drug-likeness (QED) is 0.662. The molecule has 0 saturated carbocycles. The molecule has 2 amide bonds. The largest absolute Gasteiger partial charge is 0.479 e. The van der Waals surface area contributed by atoms with Gasteiger partial charge in [0.25, 0.3) is 0 Å². The van der Waals surface area contributed by atoms with Gasteiger partial charge in [0.05, 0.1) is 6.10 Å². The van der Waals surface area contributed by atoms with Crippen LogP contribution < -0.4 is 10.6 Å². The molecular weight excluding hydrogens is 236 g/mol. The number of hydrogen-bond acceptors (Lipinski definition) is 3. The first-order valence-electron chi connectivity index (χ1n) is 6.42. The maximum absolute atomic E-state index is 11.4. The van der Waals surface area contributed by atoms with Crippen molar-refractivity contribution in [2.75, 3.05) is 13.1 Å². The molecule has 0 bridgehead atoms. The molecule has 18 heavy (non-hydrogen) atoms. The summed E-state index contributed by atoms with van der Waals surface area (Å²) in [6.45, 7) is 5.14. The van der Waals surface area contributed by atoms with E-state index in [0.29, 0.717) is 31.8 Å². The standard InChI is InChI=1S/C12H22N2O4/c1-3-8(2)6-13-12(17)14-7-9-4-5-10(18-9)11(15)16/h8-10H,3-7H2,1-2H3,(H,15,16)(H2,13,14,17). The SMILES string of the molecule is CCC(C)CNC(=O)NCC1CCC(C(=O)O)O1. The number of rotatable bonds is 6. The highest BCUT2D eigenvalue weighted by molar-refractivity contribution is 5.74. The van der Waals surface area contributed by atoms with Crippen LogP contribution in [0.5, 0.6) is 0 Å². The van der Waals surface area contributed by atoms with E-state index in [9.17, 15) is 9.59 Å². The van der Waals surface area contributed by atoms with E-state index in [0.717, 1.165) is 6.42 Å². The first kappa shape index (κ1) is 14.8. The van der Waals surface area contributed by atoms with Crippen molar-refractivity contribution >= 4 is 12.0 Å². The number of aliphatic carboxylic acids is 1. The topological polar surface area (TPSA) is 87.7 Å². The van der Waals surface area contributed by atoms with Crippen LogP contribution in [-0.4, -0.2) is 42.4 Å². The monoisotopic (exact) mass is 258 g/mol. The zero-order valence-corrected chi connectivity index (χ0v) is 10.9. The normalized spacial score (nSPS) is 24.6. The van der Waals surface area contributed by atoms with Crippen LogP contribution in [0, 0.1) is 5.92 Å². The van der Waals surface area contributed by atoms with E-state index in [1.54, 1.807) is 0 Å². The first-order chi connectivity index (χ1) is 8.52. The number of hydrogen-bond donors (Lipinski definition) is 3. The number of ether oxygens (including phenoxy) is 1. The van der Waals surface area contributed by atoms with Crippen LogP contribution >= 0.6 is 0 Å². The highest BCUT2D eigenvalue weighted by atomic mass is 16.5. The molecule has 3 atom stereocenters. The Hall–Kier alpha value is -1.30. The van der Waals surface area contributed by atoms with Gasteiger partial charge in [-0.15, -0.1) is 0 Å². The molecule has 1 aliphatic heterocycles. The van der Waals surface area contributed by atoms with Crippen LogP contribution in [-0.2, 0) is 9.53 Å². The second-order valence-corrected chi connectivity index (χ2v) is 4.77. The molecular formula is C12H22N2O4. The summed E-state index contributed by atoms with van der Waals surface area (Å²) in [6.07, 6.45) is 1.28. The van der Waals surface area contributed by atoms with Gasteiger partial charge < -0.3 is 20.5 Å². The Morgan fingerprint density at radius 2 is 2.11 bits per heavy atom. The van der Waals surface area contributed by atoms with Crippen molar-refractivity contribution in [2.24, 2.45) is 5.92 Å². The van der Waals surface area contributed by atoms with E-state index >= 15 is 0 Å². The molecule has 1 fully saturated rings. The first-order valence-corrected chi connectivity index (χ1v) is 6.42. The smallest absolute Gasteiger partial charge is 0.332 e. The zero-order chi connectivity index (χ0) is 13.5. The van der Waals surface area contributed by atoms with Gasteiger partial charge in [-0.2, -0.15) is 0 Å². The summed E-state index contributed by atoms with van der Waals surface area (Å²) in [5.41, 5.74) is 0. The fourth-order valence-corrected chi connectivity index (χ4v) is 1.72. The average Bonchev–Trinajstić information content (AvgIpc) is 2.82. The number of amides is 2. The van der Waals surface area contributed by atoms with E-state index < -0.39 is 12.1 Å². The summed E-state index contributed by atoms with van der Waals surface area (Å²) in [5.74, 6) is -0.478. The number of carboxylic acid groups (broad SMARTS) is 1. The van der Waals surface area contributed by atoms with Crippen molar-refractivity contribution < 1.29 is 19.4 Å². The highest BCUT2D eigenvalue weighted by Crippen LogP contribution is 2.19. The van der Waals surface area contributed by atoms with Crippen LogP contribution in [0.3, 0.4) is 0 Å². The van der Waals surface area contributed by atoms with Gasteiger partial charge in [-0.25, -0.2) is 9.59 Å². The number of carbonyl (C=O) groups excluding carboxylic acids is 1. The van der Waals surface area contributed by atoms with Crippen LogP contribution in [0.1, 0.15) is 33.1 Å². The number of carboxylic acids is 1. The van der Waals surface area contributed by atoms with E-state index in [2.05, 4.69) is 24.5 Å². The molecule has 1 aliphatic rings. The third-order valence-corrected chi connectivity index (χ3v) is 3.18. The molecule has 6 heteroatoms.